The van der Waals surface area contributed by atoms with Crippen molar-refractivity contribution in [3.8, 4) is 0 Å². The number of halogens is 2. The van der Waals surface area contributed by atoms with E-state index >= 15 is 0 Å². The first-order valence-corrected chi connectivity index (χ1v) is 11.3. The van der Waals surface area contributed by atoms with Gasteiger partial charge in [-0.25, -0.2) is 4.79 Å². The fourth-order valence-corrected chi connectivity index (χ4v) is 5.11. The molecule has 1 aliphatic carbocycles. The summed E-state index contributed by atoms with van der Waals surface area (Å²) in [5.74, 6) is -0.0646. The molecule has 1 atom stereocenters. The Morgan fingerprint density at radius 2 is 2.07 bits per heavy atom. The van der Waals surface area contributed by atoms with Gasteiger partial charge < -0.3 is 10.1 Å². The Balaban J connectivity index is 1.82. The first-order valence-electron chi connectivity index (χ1n) is 9.68. The topological polar surface area (TPSA) is 55.4 Å². The number of ether oxygens (including phenoxy) is 1. The van der Waals surface area contributed by atoms with Gasteiger partial charge >= 0.3 is 5.97 Å². The van der Waals surface area contributed by atoms with Crippen LogP contribution in [-0.2, 0) is 22.4 Å². The van der Waals surface area contributed by atoms with Crippen molar-refractivity contribution in [1.82, 2.24) is 0 Å². The summed E-state index contributed by atoms with van der Waals surface area (Å²) in [6.07, 6.45) is 7.02. The Morgan fingerprint density at radius 1 is 1.28 bits per heavy atom. The van der Waals surface area contributed by atoms with E-state index in [1.54, 1.807) is 31.2 Å². The van der Waals surface area contributed by atoms with Gasteiger partial charge in [0.2, 0.25) is 5.91 Å². The number of rotatable bonds is 6. The largest absolute Gasteiger partial charge is 0.462 e. The number of amides is 1. The molecule has 0 spiro atoms. The summed E-state index contributed by atoms with van der Waals surface area (Å²) in [6.45, 7) is 4.26. The van der Waals surface area contributed by atoms with E-state index in [1.807, 2.05) is 0 Å². The lowest BCUT2D eigenvalue weighted by molar-refractivity contribution is -0.111. The molecule has 0 bridgehead atoms. The highest BCUT2D eigenvalue weighted by molar-refractivity contribution is 7.17. The van der Waals surface area contributed by atoms with E-state index in [0.29, 0.717) is 33.1 Å². The molecule has 154 valence electrons. The van der Waals surface area contributed by atoms with Crippen LogP contribution in [0.3, 0.4) is 0 Å². The Hall–Kier alpha value is -1.82. The Morgan fingerprint density at radius 3 is 2.76 bits per heavy atom. The third-order valence-electron chi connectivity index (χ3n) is 5.03. The maximum Gasteiger partial charge on any atom is 0.341 e. The minimum Gasteiger partial charge on any atom is -0.462 e. The van der Waals surface area contributed by atoms with Gasteiger partial charge in [0.1, 0.15) is 5.00 Å². The van der Waals surface area contributed by atoms with Crippen molar-refractivity contribution in [1.29, 1.82) is 0 Å². The monoisotopic (exact) mass is 451 g/mol. The van der Waals surface area contributed by atoms with E-state index in [4.69, 9.17) is 27.9 Å². The molecule has 0 saturated heterocycles. The highest BCUT2D eigenvalue weighted by Gasteiger charge is 2.29. The van der Waals surface area contributed by atoms with Crippen molar-refractivity contribution in [2.45, 2.75) is 39.5 Å². The van der Waals surface area contributed by atoms with Gasteiger partial charge in [-0.05, 0) is 61.4 Å². The number of hydrogen-bond acceptors (Lipinski definition) is 4. The van der Waals surface area contributed by atoms with E-state index in [2.05, 4.69) is 12.2 Å². The normalized spacial score (nSPS) is 15.9. The number of carbonyl (C=O) groups is 2. The number of fused-ring (bicyclic) bond motifs is 1. The molecule has 1 amide bonds. The second-order valence-corrected chi connectivity index (χ2v) is 8.86. The van der Waals surface area contributed by atoms with Gasteiger partial charge in [-0.3, -0.25) is 4.79 Å². The Kier molecular flexibility index (Phi) is 7.38. The number of nitrogens with one attached hydrogen (secondary N) is 1. The minimum atomic E-state index is -0.372. The zero-order chi connectivity index (χ0) is 21.0. The highest BCUT2D eigenvalue weighted by Crippen LogP contribution is 2.40. The third-order valence-corrected chi connectivity index (χ3v) is 6.94. The summed E-state index contributed by atoms with van der Waals surface area (Å²) >= 11 is 13.4. The number of benzene rings is 1. The van der Waals surface area contributed by atoms with Crippen LogP contribution in [0.5, 0.6) is 0 Å². The van der Waals surface area contributed by atoms with Crippen LogP contribution in [0.25, 0.3) is 6.08 Å². The van der Waals surface area contributed by atoms with Crippen LogP contribution in [0.1, 0.15) is 53.1 Å². The summed E-state index contributed by atoms with van der Waals surface area (Å²) in [5.41, 5.74) is 2.30. The van der Waals surface area contributed by atoms with Gasteiger partial charge in [-0.2, -0.15) is 0 Å². The number of carbonyl (C=O) groups excluding carboxylic acids is 2. The fraction of sp³-hybridized carbons (Fsp3) is 0.364. The lowest BCUT2D eigenvalue weighted by Crippen LogP contribution is -2.16. The van der Waals surface area contributed by atoms with Crippen molar-refractivity contribution < 1.29 is 14.3 Å². The average Bonchev–Trinajstić information content (AvgIpc) is 3.05. The van der Waals surface area contributed by atoms with E-state index in [9.17, 15) is 9.59 Å². The smallest absolute Gasteiger partial charge is 0.341 e. The summed E-state index contributed by atoms with van der Waals surface area (Å²) in [6, 6.07) is 5.14. The minimum absolute atomic E-state index is 0.297. The molecule has 3 rings (SSSR count). The SMILES string of the molecule is CCOC(=O)c1c(NC(=O)/C=C/c2ccc(Cl)c(Cl)c2)sc2c1CC[C@@H](CC)C2. The van der Waals surface area contributed by atoms with E-state index in [0.717, 1.165) is 36.8 Å². The quantitative estimate of drug-likeness (QED) is 0.408. The van der Waals surface area contributed by atoms with E-state index in [1.165, 1.54) is 22.3 Å². The third kappa shape index (κ3) is 5.21. The van der Waals surface area contributed by atoms with Gasteiger partial charge in [-0.15, -0.1) is 11.3 Å². The van der Waals surface area contributed by atoms with Crippen molar-refractivity contribution in [3.05, 3.63) is 55.9 Å². The van der Waals surface area contributed by atoms with Gasteiger partial charge in [-0.1, -0.05) is 42.6 Å². The molecule has 7 heteroatoms. The molecule has 4 nitrogen and oxygen atoms in total. The van der Waals surface area contributed by atoms with Gasteiger partial charge in [0, 0.05) is 11.0 Å². The summed E-state index contributed by atoms with van der Waals surface area (Å²) < 4.78 is 5.25. The lowest BCUT2D eigenvalue weighted by Gasteiger charge is -2.20. The van der Waals surface area contributed by atoms with Crippen LogP contribution in [0.2, 0.25) is 10.0 Å². The molecule has 0 saturated carbocycles. The maximum absolute atomic E-state index is 12.6. The van der Waals surface area contributed by atoms with Gasteiger partial charge in [0.25, 0.3) is 0 Å². The first-order chi connectivity index (χ1) is 13.9. The fourth-order valence-electron chi connectivity index (χ4n) is 3.45. The predicted molar refractivity (Wildman–Crippen MR) is 120 cm³/mol. The van der Waals surface area contributed by atoms with Gasteiger partial charge in [0.05, 0.1) is 22.2 Å². The number of hydrogen-bond donors (Lipinski definition) is 1. The molecule has 1 aromatic carbocycles. The summed E-state index contributed by atoms with van der Waals surface area (Å²) in [5, 5.41) is 4.32. The second-order valence-electron chi connectivity index (χ2n) is 6.94. The maximum atomic E-state index is 12.6. The summed E-state index contributed by atoms with van der Waals surface area (Å²) in [7, 11) is 0. The zero-order valence-corrected chi connectivity index (χ0v) is 18.7. The molecule has 1 aliphatic rings. The average molecular weight is 452 g/mol. The lowest BCUT2D eigenvalue weighted by atomic mass is 9.85. The van der Waals surface area contributed by atoms with Crippen LogP contribution in [0.15, 0.2) is 24.3 Å². The Labute approximate surface area is 184 Å². The molecular formula is C22H23Cl2NO3S. The predicted octanol–water partition coefficient (Wildman–Crippen LogP) is 6.40. The molecule has 2 aromatic rings. The molecule has 0 fully saturated rings. The van der Waals surface area contributed by atoms with Crippen LogP contribution in [0, 0.1) is 5.92 Å². The second kappa shape index (κ2) is 9.79. The van der Waals surface area contributed by atoms with Crippen molar-refractivity contribution in [2.24, 2.45) is 5.92 Å². The standard InChI is InChI=1S/C22H23Cl2NO3S/c1-3-13-5-8-15-18(12-13)29-21(20(15)22(27)28-4-2)25-19(26)10-7-14-6-9-16(23)17(24)11-14/h6-7,9-11,13H,3-5,8,12H2,1-2H3,(H,25,26)/b10-7+/t13-/m1/s1. The summed E-state index contributed by atoms with van der Waals surface area (Å²) in [4.78, 5) is 26.2. The van der Waals surface area contributed by atoms with Gasteiger partial charge in [0.15, 0.2) is 0 Å². The number of anilines is 1. The van der Waals surface area contributed by atoms with E-state index < -0.39 is 0 Å². The molecule has 0 unspecified atom stereocenters. The van der Waals surface area contributed by atoms with Crippen molar-refractivity contribution >= 4 is 57.5 Å². The zero-order valence-electron chi connectivity index (χ0n) is 16.4. The molecule has 1 heterocycles. The van der Waals surface area contributed by atoms with Crippen LogP contribution < -0.4 is 5.32 Å². The first kappa shape index (κ1) is 21.9. The van der Waals surface area contributed by atoms with Crippen LogP contribution >= 0.6 is 34.5 Å². The molecule has 0 aliphatic heterocycles. The van der Waals surface area contributed by atoms with Crippen molar-refractivity contribution in [2.75, 3.05) is 11.9 Å². The van der Waals surface area contributed by atoms with Crippen LogP contribution in [-0.4, -0.2) is 18.5 Å². The number of thiophene rings is 1. The molecule has 1 N–H and O–H groups in total. The molecule has 0 radical (unpaired) electrons. The Bertz CT molecular complexity index is 952. The molecule has 1 aromatic heterocycles. The number of esters is 1. The molecular weight excluding hydrogens is 429 g/mol. The van der Waals surface area contributed by atoms with E-state index in [-0.39, 0.29) is 11.9 Å². The van der Waals surface area contributed by atoms with Crippen molar-refractivity contribution in [3.63, 3.8) is 0 Å². The highest BCUT2D eigenvalue weighted by atomic mass is 35.5. The molecule has 29 heavy (non-hydrogen) atoms. The van der Waals surface area contributed by atoms with Crippen LogP contribution in [0.4, 0.5) is 5.00 Å².